The summed E-state index contributed by atoms with van der Waals surface area (Å²) < 4.78 is 10.1. The van der Waals surface area contributed by atoms with E-state index in [-0.39, 0.29) is 0 Å². The normalized spacial score (nSPS) is 19.5. The molecule has 0 bridgehead atoms. The molecule has 3 nitrogen and oxygen atoms in total. The first-order valence-electron chi connectivity index (χ1n) is 4.52. The van der Waals surface area contributed by atoms with E-state index >= 15 is 0 Å². The second-order valence-corrected chi connectivity index (χ2v) is 3.60. The van der Waals surface area contributed by atoms with Gasteiger partial charge in [-0.2, -0.15) is 0 Å². The molecule has 72 valence electrons. The Kier molecular flexibility index (Phi) is 3.98. The topological polar surface area (TPSA) is 30.5 Å². The van der Waals surface area contributed by atoms with Crippen molar-refractivity contribution in [3.05, 3.63) is 0 Å². The summed E-state index contributed by atoms with van der Waals surface area (Å²) >= 11 is 0. The summed E-state index contributed by atoms with van der Waals surface area (Å²) in [4.78, 5) is 0. The maximum atomic E-state index is 5.15. The van der Waals surface area contributed by atoms with E-state index in [4.69, 9.17) is 9.47 Å². The fourth-order valence-corrected chi connectivity index (χ4v) is 1.38. The molecule has 3 heteroatoms. The average molecular weight is 173 g/mol. The van der Waals surface area contributed by atoms with Gasteiger partial charge >= 0.3 is 0 Å². The first-order valence-corrected chi connectivity index (χ1v) is 4.52. The Morgan fingerprint density at radius 1 is 1.25 bits per heavy atom. The Bertz CT molecular complexity index is 124. The van der Waals surface area contributed by atoms with Gasteiger partial charge in [0.2, 0.25) is 0 Å². The highest BCUT2D eigenvalue weighted by atomic mass is 16.5. The third kappa shape index (κ3) is 3.09. The zero-order valence-electron chi connectivity index (χ0n) is 8.06. The predicted molar refractivity (Wildman–Crippen MR) is 48.3 cm³/mol. The molecular weight excluding hydrogens is 154 g/mol. The third-order valence-electron chi connectivity index (χ3n) is 2.39. The summed E-state index contributed by atoms with van der Waals surface area (Å²) in [6, 6.07) is 0. The largest absolute Gasteiger partial charge is 0.384 e. The minimum Gasteiger partial charge on any atom is -0.384 e. The van der Waals surface area contributed by atoms with E-state index in [1.807, 2.05) is 0 Å². The maximum Gasteiger partial charge on any atom is 0.0587 e. The quantitative estimate of drug-likeness (QED) is 0.573. The lowest BCUT2D eigenvalue weighted by atomic mass is 10.1. The van der Waals surface area contributed by atoms with Gasteiger partial charge in [0.15, 0.2) is 0 Å². The highest BCUT2D eigenvalue weighted by Crippen LogP contribution is 2.44. The second-order valence-electron chi connectivity index (χ2n) is 3.60. The Morgan fingerprint density at radius 2 is 2.00 bits per heavy atom. The van der Waals surface area contributed by atoms with Crippen molar-refractivity contribution in [2.45, 2.75) is 12.8 Å². The van der Waals surface area contributed by atoms with E-state index < -0.39 is 0 Å². The van der Waals surface area contributed by atoms with Crippen LogP contribution in [0.25, 0.3) is 0 Å². The summed E-state index contributed by atoms with van der Waals surface area (Å²) in [5, 5.41) is 3.37. The first kappa shape index (κ1) is 9.96. The maximum absolute atomic E-state index is 5.15. The van der Waals surface area contributed by atoms with Crippen LogP contribution in [0.15, 0.2) is 0 Å². The van der Waals surface area contributed by atoms with Crippen LogP contribution in [0.4, 0.5) is 0 Å². The molecule has 0 spiro atoms. The summed E-state index contributed by atoms with van der Waals surface area (Å²) in [6.07, 6.45) is 2.61. The SMILES string of the molecule is COCCNCC1(COC)CC1. The van der Waals surface area contributed by atoms with Crippen molar-refractivity contribution in [2.75, 3.05) is 40.5 Å². The predicted octanol–water partition coefficient (Wildman–Crippen LogP) is 0.649. The van der Waals surface area contributed by atoms with E-state index in [1.54, 1.807) is 14.2 Å². The van der Waals surface area contributed by atoms with Gasteiger partial charge in [-0.3, -0.25) is 0 Å². The van der Waals surface area contributed by atoms with E-state index in [2.05, 4.69) is 5.32 Å². The van der Waals surface area contributed by atoms with Crippen LogP contribution >= 0.6 is 0 Å². The molecule has 1 rings (SSSR count). The van der Waals surface area contributed by atoms with Gasteiger partial charge in [-0.15, -0.1) is 0 Å². The van der Waals surface area contributed by atoms with Crippen LogP contribution in [0.2, 0.25) is 0 Å². The number of methoxy groups -OCH3 is 2. The van der Waals surface area contributed by atoms with Gasteiger partial charge in [0.25, 0.3) is 0 Å². The van der Waals surface area contributed by atoms with Crippen LogP contribution in [0.3, 0.4) is 0 Å². The zero-order valence-corrected chi connectivity index (χ0v) is 8.06. The summed E-state index contributed by atoms with van der Waals surface area (Å²) in [6.45, 7) is 3.71. The lowest BCUT2D eigenvalue weighted by molar-refractivity contribution is 0.136. The van der Waals surface area contributed by atoms with E-state index in [0.29, 0.717) is 5.41 Å². The first-order chi connectivity index (χ1) is 5.83. The van der Waals surface area contributed by atoms with Crippen LogP contribution in [0, 0.1) is 5.41 Å². The van der Waals surface area contributed by atoms with Gasteiger partial charge < -0.3 is 14.8 Å². The molecule has 1 saturated carbocycles. The molecule has 0 saturated heterocycles. The lowest BCUT2D eigenvalue weighted by Crippen LogP contribution is -2.29. The van der Waals surface area contributed by atoms with Gasteiger partial charge in [-0.25, -0.2) is 0 Å². The van der Waals surface area contributed by atoms with Gasteiger partial charge in [0.05, 0.1) is 13.2 Å². The van der Waals surface area contributed by atoms with Crippen molar-refractivity contribution >= 4 is 0 Å². The van der Waals surface area contributed by atoms with Crippen molar-refractivity contribution in [1.82, 2.24) is 5.32 Å². The molecule has 0 aromatic heterocycles. The molecule has 1 fully saturated rings. The number of rotatable bonds is 7. The van der Waals surface area contributed by atoms with Crippen LogP contribution in [0.5, 0.6) is 0 Å². The van der Waals surface area contributed by atoms with Gasteiger partial charge in [-0.05, 0) is 12.8 Å². The standard InChI is InChI=1S/C9H19NO2/c1-11-6-5-10-7-9(3-4-9)8-12-2/h10H,3-8H2,1-2H3. The van der Waals surface area contributed by atoms with E-state index in [9.17, 15) is 0 Å². The second kappa shape index (κ2) is 4.80. The van der Waals surface area contributed by atoms with Crippen LogP contribution < -0.4 is 5.32 Å². The van der Waals surface area contributed by atoms with E-state index in [0.717, 1.165) is 26.3 Å². The van der Waals surface area contributed by atoms with Crippen molar-refractivity contribution in [2.24, 2.45) is 5.41 Å². The monoisotopic (exact) mass is 173 g/mol. The fraction of sp³-hybridized carbons (Fsp3) is 1.00. The Morgan fingerprint density at radius 3 is 2.50 bits per heavy atom. The van der Waals surface area contributed by atoms with Crippen molar-refractivity contribution < 1.29 is 9.47 Å². The molecule has 1 aliphatic rings. The highest BCUT2D eigenvalue weighted by molar-refractivity contribution is 4.94. The molecule has 0 amide bonds. The average Bonchev–Trinajstić information content (AvgIpc) is 2.81. The van der Waals surface area contributed by atoms with Crippen LogP contribution in [-0.4, -0.2) is 40.5 Å². The van der Waals surface area contributed by atoms with Crippen LogP contribution in [0.1, 0.15) is 12.8 Å². The Balaban J connectivity index is 1.98. The fourth-order valence-electron chi connectivity index (χ4n) is 1.38. The third-order valence-corrected chi connectivity index (χ3v) is 2.39. The lowest BCUT2D eigenvalue weighted by Gasteiger charge is -2.14. The number of hydrogen-bond acceptors (Lipinski definition) is 3. The van der Waals surface area contributed by atoms with Gasteiger partial charge in [0.1, 0.15) is 0 Å². The Hall–Kier alpha value is -0.120. The summed E-state index contributed by atoms with van der Waals surface area (Å²) in [7, 11) is 3.50. The molecule has 0 atom stereocenters. The summed E-state index contributed by atoms with van der Waals surface area (Å²) in [5.41, 5.74) is 0.461. The van der Waals surface area contributed by atoms with Crippen LogP contribution in [-0.2, 0) is 9.47 Å². The molecule has 0 aromatic rings. The minimum atomic E-state index is 0.461. The van der Waals surface area contributed by atoms with Gasteiger partial charge in [0, 0.05) is 32.7 Å². The zero-order chi connectivity index (χ0) is 8.86. The molecule has 1 aliphatic carbocycles. The summed E-state index contributed by atoms with van der Waals surface area (Å²) in [5.74, 6) is 0. The minimum absolute atomic E-state index is 0.461. The number of hydrogen-bond donors (Lipinski definition) is 1. The molecule has 1 N–H and O–H groups in total. The molecule has 12 heavy (non-hydrogen) atoms. The molecule has 0 radical (unpaired) electrons. The molecule has 0 unspecified atom stereocenters. The molecule has 0 aliphatic heterocycles. The molecule has 0 heterocycles. The van der Waals surface area contributed by atoms with Crippen molar-refractivity contribution in [3.63, 3.8) is 0 Å². The number of nitrogens with one attached hydrogen (secondary N) is 1. The Labute approximate surface area is 74.4 Å². The van der Waals surface area contributed by atoms with Crippen molar-refractivity contribution in [3.8, 4) is 0 Å². The highest BCUT2D eigenvalue weighted by Gasteiger charge is 2.41. The molecule has 0 aromatic carbocycles. The van der Waals surface area contributed by atoms with Crippen molar-refractivity contribution in [1.29, 1.82) is 0 Å². The van der Waals surface area contributed by atoms with Gasteiger partial charge in [-0.1, -0.05) is 0 Å². The smallest absolute Gasteiger partial charge is 0.0587 e. The van der Waals surface area contributed by atoms with E-state index in [1.165, 1.54) is 12.8 Å². The molecular formula is C9H19NO2. The number of ether oxygens (including phenoxy) is 2.